The first-order valence-electron chi connectivity index (χ1n) is 6.38. The number of hydrogen-bond donors (Lipinski definition) is 2. The van der Waals surface area contributed by atoms with Gasteiger partial charge in [0.1, 0.15) is 11.6 Å². The maximum atomic E-state index is 13.1. The van der Waals surface area contributed by atoms with Crippen LogP contribution in [-0.4, -0.2) is 5.91 Å². The molecule has 0 spiro atoms. The maximum Gasteiger partial charge on any atom is 0.224 e. The molecule has 1 aliphatic heterocycles. The van der Waals surface area contributed by atoms with Gasteiger partial charge < -0.3 is 15.8 Å². The number of halogens is 2. The minimum absolute atomic E-state index is 0.0267. The van der Waals surface area contributed by atoms with E-state index < -0.39 is 0 Å². The zero-order valence-electron chi connectivity index (χ0n) is 11.0. The van der Waals surface area contributed by atoms with Gasteiger partial charge in [0, 0.05) is 18.2 Å². The summed E-state index contributed by atoms with van der Waals surface area (Å²) in [6.45, 7) is 0. The van der Waals surface area contributed by atoms with Crippen LogP contribution in [0.15, 0.2) is 34.8 Å². The molecule has 0 fully saturated rings. The van der Waals surface area contributed by atoms with E-state index in [1.54, 1.807) is 12.1 Å². The van der Waals surface area contributed by atoms with E-state index in [0.29, 0.717) is 40.2 Å². The third-order valence-electron chi connectivity index (χ3n) is 3.24. The number of nitrogens with one attached hydrogen (secondary N) is 1. The van der Waals surface area contributed by atoms with Crippen molar-refractivity contribution in [3.8, 4) is 11.5 Å². The van der Waals surface area contributed by atoms with Crippen LogP contribution in [0.3, 0.4) is 0 Å². The van der Waals surface area contributed by atoms with E-state index in [1.807, 2.05) is 0 Å². The Bertz CT molecular complexity index is 734. The summed E-state index contributed by atoms with van der Waals surface area (Å²) in [4.78, 5) is 11.4. The van der Waals surface area contributed by atoms with Crippen molar-refractivity contribution in [3.05, 3.63) is 46.2 Å². The topological polar surface area (TPSA) is 64.3 Å². The van der Waals surface area contributed by atoms with Crippen molar-refractivity contribution in [1.82, 2.24) is 0 Å². The van der Waals surface area contributed by atoms with Crippen LogP contribution < -0.4 is 15.8 Å². The third-order valence-corrected chi connectivity index (χ3v) is 3.86. The van der Waals surface area contributed by atoms with Crippen molar-refractivity contribution in [2.45, 2.75) is 12.8 Å². The number of amides is 1. The average Bonchev–Trinajstić information content (AvgIpc) is 2.43. The molecule has 21 heavy (non-hydrogen) atoms. The van der Waals surface area contributed by atoms with Gasteiger partial charge in [0.2, 0.25) is 5.91 Å². The minimum Gasteiger partial charge on any atom is -0.454 e. The molecule has 0 saturated carbocycles. The monoisotopic (exact) mass is 350 g/mol. The number of fused-ring (bicyclic) bond motifs is 1. The fourth-order valence-electron chi connectivity index (χ4n) is 2.19. The van der Waals surface area contributed by atoms with Crippen molar-refractivity contribution in [3.63, 3.8) is 0 Å². The molecule has 0 radical (unpaired) electrons. The highest BCUT2D eigenvalue weighted by Crippen LogP contribution is 2.37. The summed E-state index contributed by atoms with van der Waals surface area (Å²) < 4.78 is 19.3. The van der Waals surface area contributed by atoms with Crippen molar-refractivity contribution >= 4 is 33.2 Å². The second-order valence-corrected chi connectivity index (χ2v) is 5.63. The molecule has 1 heterocycles. The fraction of sp³-hybridized carbons (Fsp3) is 0.133. The number of rotatable bonds is 2. The minimum atomic E-state index is -0.361. The first-order chi connectivity index (χ1) is 10.0. The first-order valence-corrected chi connectivity index (χ1v) is 7.17. The molecule has 0 bridgehead atoms. The number of ether oxygens (including phenoxy) is 1. The number of anilines is 2. The second kappa shape index (κ2) is 5.37. The quantitative estimate of drug-likeness (QED) is 0.808. The van der Waals surface area contributed by atoms with Gasteiger partial charge in [-0.15, -0.1) is 0 Å². The summed E-state index contributed by atoms with van der Waals surface area (Å²) in [5.41, 5.74) is 8.14. The molecule has 108 valence electrons. The van der Waals surface area contributed by atoms with Crippen molar-refractivity contribution in [2.75, 3.05) is 11.1 Å². The summed E-state index contributed by atoms with van der Waals surface area (Å²) in [5.74, 6) is 0.481. The summed E-state index contributed by atoms with van der Waals surface area (Å²) in [7, 11) is 0. The normalized spacial score (nSPS) is 13.5. The highest BCUT2D eigenvalue weighted by atomic mass is 79.9. The van der Waals surface area contributed by atoms with E-state index in [0.717, 1.165) is 5.56 Å². The van der Waals surface area contributed by atoms with Gasteiger partial charge in [0.15, 0.2) is 5.75 Å². The van der Waals surface area contributed by atoms with Crippen LogP contribution in [0.5, 0.6) is 11.5 Å². The number of benzene rings is 2. The number of aryl methyl sites for hydroxylation is 1. The number of carbonyl (C=O) groups excluding carboxylic acids is 1. The lowest BCUT2D eigenvalue weighted by molar-refractivity contribution is -0.116. The number of nitrogen functional groups attached to an aromatic ring is 1. The molecular weight excluding hydrogens is 339 g/mol. The lowest BCUT2D eigenvalue weighted by atomic mass is 10.0. The van der Waals surface area contributed by atoms with Crippen LogP contribution >= 0.6 is 15.9 Å². The molecule has 3 rings (SSSR count). The van der Waals surface area contributed by atoms with E-state index >= 15 is 0 Å². The number of nitrogens with two attached hydrogens (primary N) is 1. The molecule has 0 unspecified atom stereocenters. The van der Waals surface area contributed by atoms with Crippen LogP contribution in [0.1, 0.15) is 12.0 Å². The van der Waals surface area contributed by atoms with E-state index in [-0.39, 0.29) is 11.7 Å². The molecule has 0 atom stereocenters. The van der Waals surface area contributed by atoms with Gasteiger partial charge in [0.25, 0.3) is 0 Å². The summed E-state index contributed by atoms with van der Waals surface area (Å²) in [6.07, 6.45) is 1.11. The second-order valence-electron chi connectivity index (χ2n) is 4.77. The summed E-state index contributed by atoms with van der Waals surface area (Å²) >= 11 is 3.24. The smallest absolute Gasteiger partial charge is 0.224 e. The lowest BCUT2D eigenvalue weighted by Gasteiger charge is -2.19. The van der Waals surface area contributed by atoms with E-state index in [1.165, 1.54) is 18.2 Å². The summed E-state index contributed by atoms with van der Waals surface area (Å²) in [6, 6.07) is 7.61. The van der Waals surface area contributed by atoms with E-state index in [4.69, 9.17) is 10.5 Å². The Hall–Kier alpha value is -2.08. The standard InChI is InChI=1S/C15H12BrFN2O2/c16-10-6-9(17)2-3-13(10)21-14-7-12-8(5-11(14)18)1-4-15(20)19-12/h2-3,5-7H,1,4,18H2,(H,19,20). The molecule has 3 N–H and O–H groups in total. The van der Waals surface area contributed by atoms with Crippen LogP contribution in [0.2, 0.25) is 0 Å². The summed E-state index contributed by atoms with van der Waals surface area (Å²) in [5, 5.41) is 2.79. The number of carbonyl (C=O) groups is 1. The molecule has 4 nitrogen and oxygen atoms in total. The molecule has 2 aromatic carbocycles. The molecule has 0 aliphatic carbocycles. The van der Waals surface area contributed by atoms with E-state index in [9.17, 15) is 9.18 Å². The third kappa shape index (κ3) is 2.85. The van der Waals surface area contributed by atoms with Gasteiger partial charge in [-0.1, -0.05) is 0 Å². The maximum absolute atomic E-state index is 13.1. The van der Waals surface area contributed by atoms with Gasteiger partial charge in [0.05, 0.1) is 10.2 Å². The zero-order valence-corrected chi connectivity index (χ0v) is 12.5. The van der Waals surface area contributed by atoms with Crippen LogP contribution in [0.4, 0.5) is 15.8 Å². The largest absolute Gasteiger partial charge is 0.454 e. The Morgan fingerprint density at radius 1 is 1.19 bits per heavy atom. The molecule has 6 heteroatoms. The van der Waals surface area contributed by atoms with Crippen LogP contribution in [-0.2, 0) is 11.2 Å². The Morgan fingerprint density at radius 2 is 2.00 bits per heavy atom. The predicted octanol–water partition coefficient (Wildman–Crippen LogP) is 3.85. The van der Waals surface area contributed by atoms with Gasteiger partial charge in [-0.05, 0) is 52.2 Å². The van der Waals surface area contributed by atoms with Crippen molar-refractivity contribution < 1.29 is 13.9 Å². The molecule has 0 aromatic heterocycles. The fourth-order valence-corrected chi connectivity index (χ4v) is 2.62. The Balaban J connectivity index is 1.95. The molecule has 1 amide bonds. The predicted molar refractivity (Wildman–Crippen MR) is 82.0 cm³/mol. The zero-order chi connectivity index (χ0) is 15.0. The molecule has 1 aliphatic rings. The highest BCUT2D eigenvalue weighted by Gasteiger charge is 2.18. The average molecular weight is 351 g/mol. The lowest BCUT2D eigenvalue weighted by Crippen LogP contribution is -2.19. The van der Waals surface area contributed by atoms with Crippen LogP contribution in [0.25, 0.3) is 0 Å². The molecule has 2 aromatic rings. The Labute approximate surface area is 129 Å². The van der Waals surface area contributed by atoms with E-state index in [2.05, 4.69) is 21.2 Å². The van der Waals surface area contributed by atoms with Crippen LogP contribution in [0, 0.1) is 5.82 Å². The van der Waals surface area contributed by atoms with Gasteiger partial charge in [-0.2, -0.15) is 0 Å². The Kier molecular flexibility index (Phi) is 3.55. The number of hydrogen-bond acceptors (Lipinski definition) is 3. The molecular formula is C15H12BrFN2O2. The van der Waals surface area contributed by atoms with Gasteiger partial charge >= 0.3 is 0 Å². The Morgan fingerprint density at radius 3 is 2.76 bits per heavy atom. The van der Waals surface area contributed by atoms with Crippen molar-refractivity contribution in [1.29, 1.82) is 0 Å². The molecule has 0 saturated heterocycles. The van der Waals surface area contributed by atoms with Crippen molar-refractivity contribution in [2.24, 2.45) is 0 Å². The van der Waals surface area contributed by atoms with Gasteiger partial charge in [-0.3, -0.25) is 4.79 Å². The SMILES string of the molecule is Nc1cc2c(cc1Oc1ccc(F)cc1Br)NC(=O)CC2. The first kappa shape index (κ1) is 13.9. The van der Waals surface area contributed by atoms with Gasteiger partial charge in [-0.25, -0.2) is 4.39 Å². The highest BCUT2D eigenvalue weighted by molar-refractivity contribution is 9.10.